The number of hydrogen-bond donors (Lipinski definition) is 4. The Bertz CT molecular complexity index is 203. The van der Waals surface area contributed by atoms with E-state index in [0.29, 0.717) is 0 Å². The van der Waals surface area contributed by atoms with Gasteiger partial charge in [-0.15, -0.1) is 0 Å². The molecule has 0 fully saturated rings. The summed E-state index contributed by atoms with van der Waals surface area (Å²) >= 11 is 0. The van der Waals surface area contributed by atoms with E-state index in [9.17, 15) is 4.79 Å². The third-order valence-electron chi connectivity index (χ3n) is 0.397. The fraction of sp³-hybridized carbons (Fsp3) is 0.750. The second-order valence-electron chi connectivity index (χ2n) is 1.51. The molecule has 9 heteroatoms. The number of aliphatic hydroxyl groups is 1. The average molecular weight is 219 g/mol. The van der Waals surface area contributed by atoms with Crippen molar-refractivity contribution in [2.75, 3.05) is 13.2 Å². The minimum Gasteiger partial charge on any atom is -0.463 e. The number of ether oxygens (including phenoxy) is 1. The van der Waals surface area contributed by atoms with Gasteiger partial charge in [-0.3, -0.25) is 13.9 Å². The van der Waals surface area contributed by atoms with E-state index in [2.05, 4.69) is 4.74 Å². The third kappa shape index (κ3) is 90.9. The van der Waals surface area contributed by atoms with Gasteiger partial charge in [0.2, 0.25) is 0 Å². The van der Waals surface area contributed by atoms with Crippen LogP contribution in [0.15, 0.2) is 0 Å². The van der Waals surface area contributed by atoms with E-state index in [-0.39, 0.29) is 25.3 Å². The first-order chi connectivity index (χ1) is 5.27. The van der Waals surface area contributed by atoms with Gasteiger partial charge in [-0.2, -0.15) is 8.42 Å². The van der Waals surface area contributed by atoms with Crippen LogP contribution in [-0.2, 0) is 19.9 Å². The Balaban J connectivity index is -0.000000150. The zero-order valence-electron chi connectivity index (χ0n) is 7.00. The van der Waals surface area contributed by atoms with Gasteiger partial charge in [0.25, 0.3) is 0 Å². The van der Waals surface area contributed by atoms with Crippen LogP contribution >= 0.6 is 0 Å². The minimum absolute atomic E-state index is 0. The molecule has 0 aromatic heterocycles. The first-order valence-electron chi connectivity index (χ1n) is 2.71. The molecular formula is C4H13NO7S. The van der Waals surface area contributed by atoms with E-state index in [1.54, 1.807) is 0 Å². The molecule has 0 bridgehead atoms. The molecule has 0 unspecified atom stereocenters. The minimum atomic E-state index is -4.67. The summed E-state index contributed by atoms with van der Waals surface area (Å²) in [5.74, 6) is -0.353. The molecular weight excluding hydrogens is 206 g/mol. The lowest BCUT2D eigenvalue weighted by atomic mass is 10.7. The summed E-state index contributed by atoms with van der Waals surface area (Å²) in [6.07, 6.45) is 0. The van der Waals surface area contributed by atoms with Crippen molar-refractivity contribution in [2.45, 2.75) is 6.92 Å². The molecule has 0 heterocycles. The standard InChI is InChI=1S/C4H8O3.H3N.H2O4S/c1-4(6)7-3-2-5;;1-5(2,3)4/h5H,2-3H2,1H3;1H3;(H2,1,2,3,4). The maximum atomic E-state index is 9.87. The van der Waals surface area contributed by atoms with Crippen molar-refractivity contribution in [2.24, 2.45) is 0 Å². The Morgan fingerprint density at radius 1 is 1.38 bits per heavy atom. The number of rotatable bonds is 2. The van der Waals surface area contributed by atoms with Gasteiger partial charge in [0.1, 0.15) is 6.61 Å². The van der Waals surface area contributed by atoms with E-state index >= 15 is 0 Å². The molecule has 0 rings (SSSR count). The zero-order chi connectivity index (χ0) is 10.2. The average Bonchev–Trinajstić information content (AvgIpc) is 1.79. The third-order valence-corrected chi connectivity index (χ3v) is 0.397. The van der Waals surface area contributed by atoms with E-state index in [1.165, 1.54) is 6.92 Å². The van der Waals surface area contributed by atoms with Crippen molar-refractivity contribution < 1.29 is 32.2 Å². The highest BCUT2D eigenvalue weighted by Crippen LogP contribution is 1.71. The fourth-order valence-electron chi connectivity index (χ4n) is 0.189. The van der Waals surface area contributed by atoms with Gasteiger partial charge in [0, 0.05) is 6.92 Å². The summed E-state index contributed by atoms with van der Waals surface area (Å²) in [6, 6.07) is 0. The molecule has 0 aliphatic carbocycles. The summed E-state index contributed by atoms with van der Waals surface area (Å²) < 4.78 is 35.9. The SMILES string of the molecule is CC(=O)OCCO.N.O=S(=O)(O)O. The molecule has 13 heavy (non-hydrogen) atoms. The van der Waals surface area contributed by atoms with Crippen LogP contribution in [0.3, 0.4) is 0 Å². The van der Waals surface area contributed by atoms with E-state index in [1.807, 2.05) is 0 Å². The largest absolute Gasteiger partial charge is 0.463 e. The molecule has 0 aromatic carbocycles. The molecule has 0 spiro atoms. The molecule has 0 radical (unpaired) electrons. The molecule has 0 saturated heterocycles. The predicted octanol–water partition coefficient (Wildman–Crippen LogP) is -0.949. The van der Waals surface area contributed by atoms with Gasteiger partial charge in [-0.05, 0) is 0 Å². The normalized spacial score (nSPS) is 8.92. The van der Waals surface area contributed by atoms with Crippen molar-refractivity contribution in [1.29, 1.82) is 0 Å². The van der Waals surface area contributed by atoms with Crippen LogP contribution in [0.4, 0.5) is 0 Å². The quantitative estimate of drug-likeness (QED) is 0.342. The van der Waals surface area contributed by atoms with Crippen molar-refractivity contribution >= 4 is 16.4 Å². The smallest absolute Gasteiger partial charge is 0.394 e. The van der Waals surface area contributed by atoms with Crippen LogP contribution in [0.25, 0.3) is 0 Å². The highest BCUT2D eigenvalue weighted by Gasteiger charge is 1.86. The topological polar surface area (TPSA) is 156 Å². The first-order valence-corrected chi connectivity index (χ1v) is 4.11. The molecule has 8 nitrogen and oxygen atoms in total. The second kappa shape index (κ2) is 9.35. The summed E-state index contributed by atoms with van der Waals surface area (Å²) in [4.78, 5) is 9.87. The number of esters is 1. The van der Waals surface area contributed by atoms with Crippen LogP contribution < -0.4 is 6.15 Å². The Labute approximate surface area is 75.7 Å². The van der Waals surface area contributed by atoms with Crippen molar-refractivity contribution in [3.63, 3.8) is 0 Å². The maximum absolute atomic E-state index is 9.87. The van der Waals surface area contributed by atoms with Gasteiger partial charge in [0.05, 0.1) is 6.61 Å². The highest BCUT2D eigenvalue weighted by molar-refractivity contribution is 7.79. The second-order valence-corrected chi connectivity index (χ2v) is 2.41. The summed E-state index contributed by atoms with van der Waals surface area (Å²) in [5, 5.41) is 8.04. The number of hydrogen-bond acceptors (Lipinski definition) is 6. The van der Waals surface area contributed by atoms with Gasteiger partial charge in [-0.25, -0.2) is 0 Å². The van der Waals surface area contributed by atoms with Crippen molar-refractivity contribution in [3.8, 4) is 0 Å². The van der Waals surface area contributed by atoms with E-state index in [0.717, 1.165) is 0 Å². The van der Waals surface area contributed by atoms with Crippen LogP contribution in [-0.4, -0.2) is 41.8 Å². The number of carbonyl (C=O) groups excluding carboxylic acids is 1. The lowest BCUT2D eigenvalue weighted by Gasteiger charge is -1.93. The van der Waals surface area contributed by atoms with Gasteiger partial charge in [-0.1, -0.05) is 0 Å². The first kappa shape index (κ1) is 18.1. The Kier molecular flexibility index (Phi) is 13.0. The number of aliphatic hydroxyl groups excluding tert-OH is 1. The summed E-state index contributed by atoms with van der Waals surface area (Å²) in [7, 11) is -4.67. The Hall–Kier alpha value is -0.740. The lowest BCUT2D eigenvalue weighted by molar-refractivity contribution is -0.141. The molecule has 0 saturated carbocycles. The molecule has 0 amide bonds. The van der Waals surface area contributed by atoms with Gasteiger partial charge < -0.3 is 16.0 Å². The predicted molar refractivity (Wildman–Crippen MR) is 42.9 cm³/mol. The molecule has 0 aromatic rings. The highest BCUT2D eigenvalue weighted by atomic mass is 32.3. The Morgan fingerprint density at radius 2 is 1.69 bits per heavy atom. The monoisotopic (exact) mass is 219 g/mol. The van der Waals surface area contributed by atoms with Crippen molar-refractivity contribution in [1.82, 2.24) is 6.15 Å². The molecule has 0 aliphatic rings. The molecule has 0 aliphatic heterocycles. The van der Waals surface area contributed by atoms with E-state index < -0.39 is 10.4 Å². The number of carbonyl (C=O) groups is 1. The maximum Gasteiger partial charge on any atom is 0.394 e. The van der Waals surface area contributed by atoms with Crippen LogP contribution in [0, 0.1) is 0 Å². The summed E-state index contributed by atoms with van der Waals surface area (Å²) in [5.41, 5.74) is 0. The molecule has 82 valence electrons. The van der Waals surface area contributed by atoms with Crippen molar-refractivity contribution in [3.05, 3.63) is 0 Å². The Morgan fingerprint density at radius 3 is 1.77 bits per heavy atom. The van der Waals surface area contributed by atoms with Gasteiger partial charge >= 0.3 is 16.4 Å². The van der Waals surface area contributed by atoms with Gasteiger partial charge in [0.15, 0.2) is 0 Å². The van der Waals surface area contributed by atoms with Crippen LogP contribution in [0.1, 0.15) is 6.92 Å². The van der Waals surface area contributed by atoms with E-state index in [4.69, 9.17) is 22.6 Å². The summed E-state index contributed by atoms with van der Waals surface area (Å²) in [6.45, 7) is 1.31. The zero-order valence-corrected chi connectivity index (χ0v) is 7.82. The fourth-order valence-corrected chi connectivity index (χ4v) is 0.189. The molecule has 0 atom stereocenters. The van der Waals surface area contributed by atoms with Crippen LogP contribution in [0.2, 0.25) is 0 Å². The van der Waals surface area contributed by atoms with Crippen LogP contribution in [0.5, 0.6) is 0 Å². The molecule has 6 N–H and O–H groups in total. The lowest BCUT2D eigenvalue weighted by Crippen LogP contribution is -2.03.